The topological polar surface area (TPSA) is 66.9 Å². The number of aromatic nitrogens is 2. The molecule has 0 saturated carbocycles. The van der Waals surface area contributed by atoms with E-state index < -0.39 is 0 Å². The van der Waals surface area contributed by atoms with Crippen molar-refractivity contribution < 1.29 is 4.79 Å². The van der Waals surface area contributed by atoms with Crippen LogP contribution in [0.25, 0.3) is 0 Å². The van der Waals surface area contributed by atoms with Gasteiger partial charge in [0.1, 0.15) is 0 Å². The highest BCUT2D eigenvalue weighted by molar-refractivity contribution is 8.01. The molecule has 2 N–H and O–H groups in total. The van der Waals surface area contributed by atoms with Gasteiger partial charge < -0.3 is 10.6 Å². The molecule has 8 heteroatoms. The van der Waals surface area contributed by atoms with E-state index in [1.165, 1.54) is 23.1 Å². The fraction of sp³-hybridized carbons (Fsp3) is 0.214. The lowest BCUT2D eigenvalue weighted by atomic mass is 10.3. The molecule has 0 spiro atoms. The minimum atomic E-state index is -0.0564. The minimum Gasteiger partial charge on any atom is -0.357 e. The lowest BCUT2D eigenvalue weighted by Crippen LogP contribution is -2.13. The maximum Gasteiger partial charge on any atom is 0.234 e. The summed E-state index contributed by atoms with van der Waals surface area (Å²) in [6, 6.07) is 7.77. The molecule has 22 heavy (non-hydrogen) atoms. The molecule has 0 unspecified atom stereocenters. The van der Waals surface area contributed by atoms with Crippen molar-refractivity contribution in [1.29, 1.82) is 0 Å². The van der Waals surface area contributed by atoms with Crippen LogP contribution in [0.4, 0.5) is 10.8 Å². The number of amides is 1. The summed E-state index contributed by atoms with van der Waals surface area (Å²) < 4.78 is 0.763. The average Bonchev–Trinajstić information content (AvgIpc) is 2.99. The maximum atomic E-state index is 12.0. The Kier molecular flexibility index (Phi) is 6.75. The van der Waals surface area contributed by atoms with Gasteiger partial charge in [-0.25, -0.2) is 0 Å². The SMILES string of the molecule is C=CCNc1nnc(SCC(=O)Nc2cccc(SC)c2)s1. The fourth-order valence-electron chi connectivity index (χ4n) is 1.52. The second-order valence-electron chi connectivity index (χ2n) is 4.11. The molecule has 0 radical (unpaired) electrons. The molecule has 1 aromatic carbocycles. The molecule has 0 aliphatic heterocycles. The van der Waals surface area contributed by atoms with E-state index in [1.54, 1.807) is 17.8 Å². The van der Waals surface area contributed by atoms with E-state index in [-0.39, 0.29) is 5.91 Å². The van der Waals surface area contributed by atoms with E-state index in [1.807, 2.05) is 30.5 Å². The lowest BCUT2D eigenvalue weighted by Gasteiger charge is -2.05. The molecule has 0 bridgehead atoms. The number of rotatable bonds is 8. The third kappa shape index (κ3) is 5.36. The Balaban J connectivity index is 1.82. The van der Waals surface area contributed by atoms with Crippen LogP contribution in [0.1, 0.15) is 0 Å². The summed E-state index contributed by atoms with van der Waals surface area (Å²) in [5, 5.41) is 14.7. The number of carbonyl (C=O) groups excluding carboxylic acids is 1. The largest absolute Gasteiger partial charge is 0.357 e. The number of nitrogens with one attached hydrogen (secondary N) is 2. The Morgan fingerprint density at radius 2 is 2.32 bits per heavy atom. The quantitative estimate of drug-likeness (QED) is 0.559. The molecule has 2 rings (SSSR count). The van der Waals surface area contributed by atoms with Gasteiger partial charge in [0.2, 0.25) is 11.0 Å². The summed E-state index contributed by atoms with van der Waals surface area (Å²) in [7, 11) is 0. The van der Waals surface area contributed by atoms with Crippen LogP contribution in [-0.2, 0) is 4.79 Å². The number of carbonyl (C=O) groups is 1. The van der Waals surface area contributed by atoms with Crippen molar-refractivity contribution in [3.63, 3.8) is 0 Å². The van der Waals surface area contributed by atoms with E-state index in [4.69, 9.17) is 0 Å². The van der Waals surface area contributed by atoms with Crippen LogP contribution in [0.2, 0.25) is 0 Å². The zero-order chi connectivity index (χ0) is 15.8. The monoisotopic (exact) mass is 352 g/mol. The molecular formula is C14H16N4OS3. The van der Waals surface area contributed by atoms with Gasteiger partial charge in [-0.05, 0) is 24.5 Å². The van der Waals surface area contributed by atoms with Gasteiger partial charge in [-0.3, -0.25) is 4.79 Å². The van der Waals surface area contributed by atoms with Gasteiger partial charge in [0.25, 0.3) is 0 Å². The Labute approximate surface area is 142 Å². The first-order valence-electron chi connectivity index (χ1n) is 6.46. The van der Waals surface area contributed by atoms with Gasteiger partial charge in [0.05, 0.1) is 5.75 Å². The Hall–Kier alpha value is -1.51. The zero-order valence-electron chi connectivity index (χ0n) is 12.0. The Bertz CT molecular complexity index is 645. The Morgan fingerprint density at radius 1 is 1.45 bits per heavy atom. The molecule has 0 aliphatic rings. The average molecular weight is 353 g/mol. The molecule has 1 amide bonds. The van der Waals surface area contributed by atoms with Crippen LogP contribution in [0.5, 0.6) is 0 Å². The molecule has 0 saturated heterocycles. The number of anilines is 2. The van der Waals surface area contributed by atoms with Crippen LogP contribution >= 0.6 is 34.9 Å². The van der Waals surface area contributed by atoms with Gasteiger partial charge in [0, 0.05) is 17.1 Å². The molecular weight excluding hydrogens is 336 g/mol. The van der Waals surface area contributed by atoms with E-state index in [0.717, 1.165) is 20.1 Å². The second kappa shape index (κ2) is 8.82. The van der Waals surface area contributed by atoms with Gasteiger partial charge in [0.15, 0.2) is 4.34 Å². The summed E-state index contributed by atoms with van der Waals surface area (Å²) >= 11 is 4.44. The predicted molar refractivity (Wildman–Crippen MR) is 96.2 cm³/mol. The number of hydrogen-bond donors (Lipinski definition) is 2. The summed E-state index contributed by atoms with van der Waals surface area (Å²) in [6.45, 7) is 4.27. The fourth-order valence-corrected chi connectivity index (χ4v) is 3.54. The predicted octanol–water partition coefficient (Wildman–Crippen LogP) is 3.59. The first-order valence-corrected chi connectivity index (χ1v) is 9.49. The van der Waals surface area contributed by atoms with Crippen molar-refractivity contribution in [3.8, 4) is 0 Å². The van der Waals surface area contributed by atoms with Crippen molar-refractivity contribution in [2.75, 3.05) is 29.2 Å². The lowest BCUT2D eigenvalue weighted by molar-refractivity contribution is -0.113. The molecule has 2 aromatic rings. The van der Waals surface area contributed by atoms with Gasteiger partial charge in [-0.15, -0.1) is 28.5 Å². The number of thioether (sulfide) groups is 2. The van der Waals surface area contributed by atoms with Crippen LogP contribution in [0, 0.1) is 0 Å². The molecule has 1 heterocycles. The number of hydrogen-bond acceptors (Lipinski definition) is 7. The molecule has 116 valence electrons. The summed E-state index contributed by atoms with van der Waals surface area (Å²) in [5.74, 6) is 0.249. The van der Waals surface area contributed by atoms with Crippen molar-refractivity contribution in [3.05, 3.63) is 36.9 Å². The maximum absolute atomic E-state index is 12.0. The third-order valence-corrected chi connectivity index (χ3v) is 5.22. The van der Waals surface area contributed by atoms with Crippen molar-refractivity contribution in [2.24, 2.45) is 0 Å². The van der Waals surface area contributed by atoms with Gasteiger partial charge in [-0.2, -0.15) is 0 Å². The third-order valence-electron chi connectivity index (χ3n) is 2.48. The molecule has 1 aromatic heterocycles. The molecule has 0 atom stereocenters. The van der Waals surface area contributed by atoms with Crippen molar-refractivity contribution in [2.45, 2.75) is 9.24 Å². The van der Waals surface area contributed by atoms with Gasteiger partial charge >= 0.3 is 0 Å². The standard InChI is InChI=1S/C14H16N4OS3/c1-3-7-15-13-17-18-14(22-13)21-9-12(19)16-10-5-4-6-11(8-10)20-2/h3-6,8H,1,7,9H2,2H3,(H,15,17)(H,16,19). The normalized spacial score (nSPS) is 10.2. The van der Waals surface area contributed by atoms with Crippen LogP contribution in [-0.4, -0.2) is 34.7 Å². The smallest absolute Gasteiger partial charge is 0.234 e. The van der Waals surface area contributed by atoms with Crippen LogP contribution < -0.4 is 10.6 Å². The number of benzene rings is 1. The van der Waals surface area contributed by atoms with E-state index >= 15 is 0 Å². The minimum absolute atomic E-state index is 0.0564. The second-order valence-corrected chi connectivity index (χ2v) is 7.19. The van der Waals surface area contributed by atoms with E-state index in [0.29, 0.717) is 12.3 Å². The highest BCUT2D eigenvalue weighted by Gasteiger charge is 2.08. The van der Waals surface area contributed by atoms with Crippen molar-refractivity contribution >= 4 is 51.6 Å². The summed E-state index contributed by atoms with van der Waals surface area (Å²) in [4.78, 5) is 13.1. The Morgan fingerprint density at radius 3 is 3.09 bits per heavy atom. The molecule has 0 fully saturated rings. The van der Waals surface area contributed by atoms with Crippen LogP contribution in [0.15, 0.2) is 46.2 Å². The summed E-state index contributed by atoms with van der Waals surface area (Å²) in [5.41, 5.74) is 0.808. The first kappa shape index (κ1) is 16.9. The van der Waals surface area contributed by atoms with E-state index in [2.05, 4.69) is 27.4 Å². The molecule has 0 aliphatic carbocycles. The zero-order valence-corrected chi connectivity index (χ0v) is 14.5. The first-order chi connectivity index (χ1) is 10.7. The highest BCUT2D eigenvalue weighted by atomic mass is 32.2. The summed E-state index contributed by atoms with van der Waals surface area (Å²) in [6.07, 6.45) is 3.76. The van der Waals surface area contributed by atoms with E-state index in [9.17, 15) is 4.79 Å². The molecule has 5 nitrogen and oxygen atoms in total. The highest BCUT2D eigenvalue weighted by Crippen LogP contribution is 2.25. The number of nitrogens with zero attached hydrogens (tertiary/aromatic N) is 2. The van der Waals surface area contributed by atoms with Gasteiger partial charge in [-0.1, -0.05) is 35.2 Å². The van der Waals surface area contributed by atoms with Crippen LogP contribution in [0.3, 0.4) is 0 Å². The van der Waals surface area contributed by atoms with Crippen molar-refractivity contribution in [1.82, 2.24) is 10.2 Å².